The Labute approximate surface area is 195 Å². The summed E-state index contributed by atoms with van der Waals surface area (Å²) < 4.78 is 2.00. The van der Waals surface area contributed by atoms with Crippen LogP contribution in [-0.4, -0.2) is 54.4 Å². The van der Waals surface area contributed by atoms with E-state index in [9.17, 15) is 5.11 Å². The molecular formula is C23H25ClN6OS. The van der Waals surface area contributed by atoms with E-state index in [-0.39, 0.29) is 0 Å². The predicted octanol–water partition coefficient (Wildman–Crippen LogP) is 4.67. The molecule has 4 heterocycles. The van der Waals surface area contributed by atoms with Crippen molar-refractivity contribution in [3.05, 3.63) is 40.9 Å². The van der Waals surface area contributed by atoms with Crippen LogP contribution in [0.2, 0.25) is 5.02 Å². The van der Waals surface area contributed by atoms with E-state index in [1.165, 1.54) is 24.2 Å². The highest BCUT2D eigenvalue weighted by Crippen LogP contribution is 2.46. The first-order valence-electron chi connectivity index (χ1n) is 11.1. The van der Waals surface area contributed by atoms with Crippen molar-refractivity contribution in [2.45, 2.75) is 50.3 Å². The normalized spacial score (nSPS) is 17.9. The third kappa shape index (κ3) is 3.55. The van der Waals surface area contributed by atoms with Crippen LogP contribution in [0.1, 0.15) is 37.1 Å². The highest BCUT2D eigenvalue weighted by Gasteiger charge is 2.39. The molecule has 0 bridgehead atoms. The number of fused-ring (bicyclic) bond motifs is 1. The number of pyridine rings is 1. The molecule has 9 heteroatoms. The van der Waals surface area contributed by atoms with Crippen LogP contribution in [0.15, 0.2) is 30.9 Å². The second-order valence-corrected chi connectivity index (χ2v) is 10.5. The molecule has 0 saturated heterocycles. The Hall–Kier alpha value is -2.26. The highest BCUT2D eigenvalue weighted by atomic mass is 35.5. The van der Waals surface area contributed by atoms with Crippen molar-refractivity contribution in [2.75, 3.05) is 13.6 Å². The molecule has 2 N–H and O–H groups in total. The van der Waals surface area contributed by atoms with Gasteiger partial charge in [-0.05, 0) is 45.2 Å². The fraction of sp³-hybridized carbons (Fsp3) is 0.435. The summed E-state index contributed by atoms with van der Waals surface area (Å²) in [6, 6.07) is 2.84. The molecule has 0 aromatic carbocycles. The van der Waals surface area contributed by atoms with Gasteiger partial charge in [-0.1, -0.05) is 11.6 Å². The Bertz CT molecular complexity index is 1280. The molecule has 166 valence electrons. The van der Waals surface area contributed by atoms with Crippen molar-refractivity contribution >= 4 is 34.0 Å². The third-order valence-corrected chi connectivity index (χ3v) is 8.23. The first-order valence-corrected chi connectivity index (χ1v) is 12.3. The molecule has 0 unspecified atom stereocenters. The van der Waals surface area contributed by atoms with Crippen molar-refractivity contribution in [1.29, 1.82) is 0 Å². The number of nitrogens with one attached hydrogen (secondary N) is 1. The number of aromatic amines is 1. The Balaban J connectivity index is 1.30. The SMILES string of the molecule is CN(CCn1cc(-c2cc3c(-c4cnc(C5(O)CCC5)s4)c(Cl)cnc3[nH]2)cn1)C1CC1. The van der Waals surface area contributed by atoms with Gasteiger partial charge in [0.05, 0.1) is 28.3 Å². The van der Waals surface area contributed by atoms with Gasteiger partial charge in [0.1, 0.15) is 16.3 Å². The topological polar surface area (TPSA) is 82.9 Å². The van der Waals surface area contributed by atoms with Crippen molar-refractivity contribution in [2.24, 2.45) is 0 Å². The van der Waals surface area contributed by atoms with E-state index in [4.69, 9.17) is 11.6 Å². The summed E-state index contributed by atoms with van der Waals surface area (Å²) in [7, 11) is 2.19. The van der Waals surface area contributed by atoms with Gasteiger partial charge >= 0.3 is 0 Å². The summed E-state index contributed by atoms with van der Waals surface area (Å²) >= 11 is 8.10. The quantitative estimate of drug-likeness (QED) is 0.412. The molecule has 2 fully saturated rings. The third-order valence-electron chi connectivity index (χ3n) is 6.74. The van der Waals surface area contributed by atoms with Gasteiger partial charge in [-0.2, -0.15) is 5.10 Å². The van der Waals surface area contributed by atoms with Crippen molar-refractivity contribution in [3.8, 4) is 21.7 Å². The van der Waals surface area contributed by atoms with Gasteiger partial charge in [0.15, 0.2) is 0 Å². The number of nitrogens with zero attached hydrogens (tertiary/aromatic N) is 5. The zero-order chi connectivity index (χ0) is 21.9. The molecule has 0 amide bonds. The maximum Gasteiger partial charge on any atom is 0.138 e. The van der Waals surface area contributed by atoms with Crippen LogP contribution >= 0.6 is 22.9 Å². The average Bonchev–Trinajstić information content (AvgIpc) is 3.15. The Kier molecular flexibility index (Phi) is 4.87. The fourth-order valence-corrected chi connectivity index (χ4v) is 5.81. The van der Waals surface area contributed by atoms with E-state index < -0.39 is 5.60 Å². The van der Waals surface area contributed by atoms with Crippen LogP contribution in [0.25, 0.3) is 32.7 Å². The standard InChI is InChI=1S/C23H25ClN6OS/c1-29(15-3-4-15)7-8-30-13-14(10-27-30)18-9-16-20(17(24)11-25-21(16)28-18)19-12-26-22(32-19)23(31)5-2-6-23/h9-13,15,31H,2-8H2,1H3,(H,25,28). The average molecular weight is 469 g/mol. The number of rotatable bonds is 7. The van der Waals surface area contributed by atoms with E-state index in [0.29, 0.717) is 5.02 Å². The van der Waals surface area contributed by atoms with Gasteiger partial charge in [0.25, 0.3) is 0 Å². The highest BCUT2D eigenvalue weighted by molar-refractivity contribution is 7.15. The number of hydrogen-bond acceptors (Lipinski definition) is 6. The second kappa shape index (κ2) is 7.66. The maximum atomic E-state index is 10.7. The summed E-state index contributed by atoms with van der Waals surface area (Å²) in [6.45, 7) is 1.87. The Morgan fingerprint density at radius 1 is 1.28 bits per heavy atom. The van der Waals surface area contributed by atoms with Crippen molar-refractivity contribution < 1.29 is 5.11 Å². The first kappa shape index (κ1) is 20.4. The smallest absolute Gasteiger partial charge is 0.138 e. The van der Waals surface area contributed by atoms with Gasteiger partial charge in [0, 0.05) is 47.7 Å². The van der Waals surface area contributed by atoms with Crippen LogP contribution in [0.4, 0.5) is 0 Å². The molecule has 2 aliphatic rings. The molecule has 6 rings (SSSR count). The monoisotopic (exact) mass is 468 g/mol. The number of H-pyrrole nitrogens is 1. The van der Waals surface area contributed by atoms with Gasteiger partial charge in [0.2, 0.25) is 0 Å². The molecule has 4 aromatic rings. The Morgan fingerprint density at radius 3 is 2.88 bits per heavy atom. The first-order chi connectivity index (χ1) is 15.5. The lowest BCUT2D eigenvalue weighted by Crippen LogP contribution is -2.33. The van der Waals surface area contributed by atoms with E-state index in [0.717, 1.165) is 76.1 Å². The summed E-state index contributed by atoms with van der Waals surface area (Å²) in [5.41, 5.74) is 2.89. The number of thiazole rings is 1. The van der Waals surface area contributed by atoms with Crippen molar-refractivity contribution in [1.82, 2.24) is 29.6 Å². The summed E-state index contributed by atoms with van der Waals surface area (Å²) in [6.07, 6.45) is 12.7. The molecular weight excluding hydrogens is 444 g/mol. The molecule has 0 spiro atoms. The minimum atomic E-state index is -0.771. The van der Waals surface area contributed by atoms with Crippen molar-refractivity contribution in [3.63, 3.8) is 0 Å². The number of hydrogen-bond donors (Lipinski definition) is 2. The lowest BCUT2D eigenvalue weighted by atomic mass is 9.81. The van der Waals surface area contributed by atoms with E-state index in [1.807, 2.05) is 17.1 Å². The fourth-order valence-electron chi connectivity index (χ4n) is 4.37. The van der Waals surface area contributed by atoms with Crippen LogP contribution in [0.5, 0.6) is 0 Å². The second-order valence-electron chi connectivity index (χ2n) is 9.05. The number of aromatic nitrogens is 5. The molecule has 0 radical (unpaired) electrons. The van der Waals surface area contributed by atoms with Gasteiger partial charge in [-0.3, -0.25) is 4.68 Å². The van der Waals surface area contributed by atoms with Gasteiger partial charge < -0.3 is 15.0 Å². The van der Waals surface area contributed by atoms with E-state index in [1.54, 1.807) is 6.20 Å². The molecule has 0 aliphatic heterocycles. The molecule has 7 nitrogen and oxygen atoms in total. The molecule has 4 aromatic heterocycles. The van der Waals surface area contributed by atoms with Crippen LogP contribution < -0.4 is 0 Å². The van der Waals surface area contributed by atoms with E-state index >= 15 is 0 Å². The zero-order valence-corrected chi connectivity index (χ0v) is 19.5. The number of halogens is 1. The molecule has 2 saturated carbocycles. The zero-order valence-electron chi connectivity index (χ0n) is 17.9. The van der Waals surface area contributed by atoms with Crippen LogP contribution in [-0.2, 0) is 12.1 Å². The van der Waals surface area contributed by atoms with E-state index in [2.05, 4.69) is 44.3 Å². The van der Waals surface area contributed by atoms with Crippen LogP contribution in [0.3, 0.4) is 0 Å². The summed E-state index contributed by atoms with van der Waals surface area (Å²) in [5.74, 6) is 0. The minimum absolute atomic E-state index is 0.581. The predicted molar refractivity (Wildman–Crippen MR) is 127 cm³/mol. The lowest BCUT2D eigenvalue weighted by molar-refractivity contribution is -0.0389. The van der Waals surface area contributed by atoms with Gasteiger partial charge in [-0.15, -0.1) is 11.3 Å². The summed E-state index contributed by atoms with van der Waals surface area (Å²) in [5, 5.41) is 17.5. The molecule has 32 heavy (non-hydrogen) atoms. The number of aliphatic hydroxyl groups is 1. The number of likely N-dealkylation sites (N-methyl/N-ethyl adjacent to an activating group) is 1. The van der Waals surface area contributed by atoms with Gasteiger partial charge in [-0.25, -0.2) is 9.97 Å². The largest absolute Gasteiger partial charge is 0.383 e. The lowest BCUT2D eigenvalue weighted by Gasteiger charge is -2.34. The Morgan fingerprint density at radius 2 is 2.12 bits per heavy atom. The molecule has 0 atom stereocenters. The molecule has 2 aliphatic carbocycles. The van der Waals surface area contributed by atoms with Crippen LogP contribution in [0, 0.1) is 0 Å². The maximum absolute atomic E-state index is 10.7. The minimum Gasteiger partial charge on any atom is -0.383 e. The summed E-state index contributed by atoms with van der Waals surface area (Å²) in [4.78, 5) is 15.8.